The third-order valence-corrected chi connectivity index (χ3v) is 16.3. The molecule has 0 fully saturated rings. The van der Waals surface area contributed by atoms with Crippen molar-refractivity contribution in [3.05, 3.63) is 279 Å². The number of para-hydroxylation sites is 2. The Hall–Kier alpha value is -10.3. The predicted molar refractivity (Wildman–Crippen MR) is 329 cm³/mol. The highest BCUT2D eigenvalue weighted by Crippen LogP contribution is 2.48. The van der Waals surface area contributed by atoms with Crippen LogP contribution in [0.4, 0.5) is 0 Å². The van der Waals surface area contributed by atoms with E-state index < -0.39 is 0 Å². The van der Waals surface area contributed by atoms with Crippen molar-refractivity contribution >= 4 is 87.0 Å². The molecule has 0 atom stereocenters. The molecule has 362 valence electrons. The largest absolute Gasteiger partial charge is 0.456 e. The van der Waals surface area contributed by atoms with Crippen LogP contribution in [0.25, 0.3) is 165 Å². The van der Waals surface area contributed by atoms with Crippen molar-refractivity contribution in [2.24, 2.45) is 0 Å². The van der Waals surface area contributed by atoms with Gasteiger partial charge in [-0.1, -0.05) is 237 Å². The molecule has 0 N–H and O–H groups in total. The van der Waals surface area contributed by atoms with Gasteiger partial charge in [0.1, 0.15) is 22.3 Å². The van der Waals surface area contributed by atoms with Crippen LogP contribution in [0.5, 0.6) is 0 Å². The van der Waals surface area contributed by atoms with Crippen LogP contribution in [0.1, 0.15) is 0 Å². The smallest absolute Gasteiger partial charge is 0.143 e. The molecule has 14 aromatic carbocycles. The first-order chi connectivity index (χ1) is 38.7. The van der Waals surface area contributed by atoms with Crippen molar-refractivity contribution in [3.8, 4) is 77.9 Å². The highest BCUT2D eigenvalue weighted by atomic mass is 16.3. The molecule has 16 rings (SSSR count). The minimum atomic E-state index is 0.870. The van der Waals surface area contributed by atoms with Gasteiger partial charge in [0, 0.05) is 27.1 Å². The van der Waals surface area contributed by atoms with Crippen molar-refractivity contribution in [2.45, 2.75) is 0 Å². The van der Waals surface area contributed by atoms with E-state index in [1.807, 2.05) is 12.1 Å². The molecule has 0 unspecified atom stereocenters. The summed E-state index contributed by atoms with van der Waals surface area (Å²) < 4.78 is 13.2. The lowest BCUT2D eigenvalue weighted by molar-refractivity contribution is 0.669. The zero-order valence-electron chi connectivity index (χ0n) is 42.4. The molecule has 2 heteroatoms. The van der Waals surface area contributed by atoms with Gasteiger partial charge in [0.05, 0.1) is 0 Å². The maximum Gasteiger partial charge on any atom is 0.143 e. The van der Waals surface area contributed by atoms with Crippen molar-refractivity contribution in [1.29, 1.82) is 0 Å². The summed E-state index contributed by atoms with van der Waals surface area (Å²) in [7, 11) is 0. The van der Waals surface area contributed by atoms with Crippen LogP contribution in [0.15, 0.2) is 288 Å². The topological polar surface area (TPSA) is 26.3 Å². The minimum absolute atomic E-state index is 0.870. The number of fused-ring (bicyclic) bond motifs is 10. The van der Waals surface area contributed by atoms with Gasteiger partial charge in [-0.3, -0.25) is 0 Å². The Balaban J connectivity index is 0.786. The van der Waals surface area contributed by atoms with E-state index in [0.717, 1.165) is 71.7 Å². The van der Waals surface area contributed by atoms with E-state index in [1.54, 1.807) is 0 Å². The van der Waals surface area contributed by atoms with Crippen LogP contribution in [0, 0.1) is 0 Å². The predicted octanol–water partition coefficient (Wildman–Crippen LogP) is 21.8. The SMILES string of the molecule is c1ccc(-c2ccc(-c3c4ccccc4c(-c4ccc5oc6c(-c7cccc(-c8cccc(-c9c%10ccccc%10c(-c%10ccc%11oc%12ccccc%12c%11c%10)c%10ccccc9%10)c8)c7)cccc6c5c4)c4ccccc34)cc2)cc1. The van der Waals surface area contributed by atoms with Gasteiger partial charge >= 0.3 is 0 Å². The summed E-state index contributed by atoms with van der Waals surface area (Å²) in [5.74, 6) is 0. The Labute approximate surface area is 450 Å². The maximum absolute atomic E-state index is 6.90. The van der Waals surface area contributed by atoms with Crippen molar-refractivity contribution in [1.82, 2.24) is 0 Å². The second kappa shape index (κ2) is 17.7. The number of furan rings is 2. The van der Waals surface area contributed by atoms with Crippen molar-refractivity contribution in [2.75, 3.05) is 0 Å². The molecular weight excluding hydrogens is 945 g/mol. The first-order valence-electron chi connectivity index (χ1n) is 26.8. The molecule has 0 bridgehead atoms. The average molecular weight is 991 g/mol. The average Bonchev–Trinajstić information content (AvgIpc) is 4.20. The van der Waals surface area contributed by atoms with E-state index in [-0.39, 0.29) is 0 Å². The molecule has 0 amide bonds. The monoisotopic (exact) mass is 990 g/mol. The number of rotatable bonds is 7. The third-order valence-electron chi connectivity index (χ3n) is 16.3. The Kier molecular flexibility index (Phi) is 9.98. The molecule has 0 aliphatic rings. The van der Waals surface area contributed by atoms with Gasteiger partial charge in [-0.15, -0.1) is 0 Å². The molecule has 78 heavy (non-hydrogen) atoms. The van der Waals surface area contributed by atoms with Crippen LogP contribution < -0.4 is 0 Å². The Morgan fingerprint density at radius 2 is 0.500 bits per heavy atom. The van der Waals surface area contributed by atoms with E-state index >= 15 is 0 Å². The first kappa shape index (κ1) is 44.1. The lowest BCUT2D eigenvalue weighted by Gasteiger charge is -2.18. The maximum atomic E-state index is 6.90. The fraction of sp³-hybridized carbons (Fsp3) is 0. The molecule has 2 aromatic heterocycles. The molecule has 0 aliphatic carbocycles. The highest BCUT2D eigenvalue weighted by Gasteiger charge is 2.21. The summed E-state index contributed by atoms with van der Waals surface area (Å²) in [5, 5.41) is 14.3. The van der Waals surface area contributed by atoms with Crippen molar-refractivity contribution in [3.63, 3.8) is 0 Å². The van der Waals surface area contributed by atoms with Crippen LogP contribution in [-0.2, 0) is 0 Å². The van der Waals surface area contributed by atoms with E-state index in [1.165, 1.54) is 93.2 Å². The van der Waals surface area contributed by atoms with Crippen LogP contribution in [0.3, 0.4) is 0 Å². The Morgan fingerprint density at radius 1 is 0.167 bits per heavy atom. The summed E-state index contributed by atoms with van der Waals surface area (Å²) in [4.78, 5) is 0. The molecule has 2 heterocycles. The normalized spacial score (nSPS) is 11.8. The summed E-state index contributed by atoms with van der Waals surface area (Å²) in [6, 6.07) is 101. The molecule has 0 saturated carbocycles. The van der Waals surface area contributed by atoms with E-state index in [0.29, 0.717) is 0 Å². The van der Waals surface area contributed by atoms with E-state index in [2.05, 4.69) is 267 Å². The van der Waals surface area contributed by atoms with Gasteiger partial charge in [-0.2, -0.15) is 0 Å². The Bertz CT molecular complexity index is 4960. The van der Waals surface area contributed by atoms with E-state index in [4.69, 9.17) is 8.83 Å². The van der Waals surface area contributed by atoms with Gasteiger partial charge in [0.2, 0.25) is 0 Å². The third kappa shape index (κ3) is 6.97. The fourth-order valence-electron chi connectivity index (χ4n) is 12.7. The van der Waals surface area contributed by atoms with Crippen LogP contribution in [0.2, 0.25) is 0 Å². The molecule has 2 nitrogen and oxygen atoms in total. The zero-order valence-corrected chi connectivity index (χ0v) is 42.4. The summed E-state index contributed by atoms with van der Waals surface area (Å²) in [5.41, 5.74) is 20.1. The minimum Gasteiger partial charge on any atom is -0.456 e. The lowest BCUT2D eigenvalue weighted by Crippen LogP contribution is -1.91. The van der Waals surface area contributed by atoms with Crippen LogP contribution >= 0.6 is 0 Å². The van der Waals surface area contributed by atoms with Gasteiger partial charge < -0.3 is 8.83 Å². The molecule has 0 spiro atoms. The fourth-order valence-corrected chi connectivity index (χ4v) is 12.7. The van der Waals surface area contributed by atoms with Gasteiger partial charge in [-0.05, 0) is 158 Å². The standard InChI is InChI=1S/C76H46O2/c1-2-17-47(18-3-1)48-35-37-49(38-36-48)72-58-24-4-6-26-60(58)75(61-27-7-5-25-59(61)72)55-40-42-71-68(46-55)66-33-16-32-56(76(66)78-71)52-21-14-19-50(43-52)51-20-15-22-53(44-51)73-62-28-8-10-30-64(62)74(65-31-11-9-29-63(65)73)54-39-41-70-67(45-54)57-23-12-13-34-69(57)77-70/h1-46H. The molecule has 0 saturated heterocycles. The second-order valence-electron chi connectivity index (χ2n) is 20.6. The van der Waals surface area contributed by atoms with Gasteiger partial charge in [-0.25, -0.2) is 0 Å². The molecule has 0 radical (unpaired) electrons. The second-order valence-corrected chi connectivity index (χ2v) is 20.6. The number of benzene rings is 14. The first-order valence-corrected chi connectivity index (χ1v) is 26.8. The number of hydrogen-bond donors (Lipinski definition) is 0. The lowest BCUT2D eigenvalue weighted by atomic mass is 9.85. The molecule has 16 aromatic rings. The van der Waals surface area contributed by atoms with Gasteiger partial charge in [0.15, 0.2) is 0 Å². The van der Waals surface area contributed by atoms with E-state index in [9.17, 15) is 0 Å². The molecular formula is C76H46O2. The molecule has 0 aliphatic heterocycles. The van der Waals surface area contributed by atoms with Gasteiger partial charge in [0.25, 0.3) is 0 Å². The summed E-state index contributed by atoms with van der Waals surface area (Å²) >= 11 is 0. The van der Waals surface area contributed by atoms with Crippen molar-refractivity contribution < 1.29 is 8.83 Å². The van der Waals surface area contributed by atoms with Crippen LogP contribution in [-0.4, -0.2) is 0 Å². The number of hydrogen-bond acceptors (Lipinski definition) is 2. The highest BCUT2D eigenvalue weighted by molar-refractivity contribution is 6.24. The zero-order chi connectivity index (χ0) is 51.3. The quantitative estimate of drug-likeness (QED) is 0.149. The summed E-state index contributed by atoms with van der Waals surface area (Å²) in [6.07, 6.45) is 0. The summed E-state index contributed by atoms with van der Waals surface area (Å²) in [6.45, 7) is 0. The Morgan fingerprint density at radius 3 is 1.05 bits per heavy atom.